The summed E-state index contributed by atoms with van der Waals surface area (Å²) in [6.07, 6.45) is 19.2. The number of hydrogen-bond acceptors (Lipinski definition) is 2. The average molecular weight is 254 g/mol. The van der Waals surface area contributed by atoms with Gasteiger partial charge in [0.2, 0.25) is 0 Å². The van der Waals surface area contributed by atoms with Crippen LogP contribution < -0.4 is 0 Å². The van der Waals surface area contributed by atoms with E-state index in [1.54, 1.807) is 0 Å². The maximum Gasteiger partial charge on any atom is 0.0794 e. The molecule has 0 saturated carbocycles. The van der Waals surface area contributed by atoms with Crippen LogP contribution >= 0.6 is 0 Å². The molecule has 0 amide bonds. The molecule has 0 aliphatic carbocycles. The molecule has 2 heteroatoms. The Kier molecular flexibility index (Phi) is 5.54. The first-order valence-electron chi connectivity index (χ1n) is 7.09. The van der Waals surface area contributed by atoms with Crippen LogP contribution in [-0.2, 0) is 0 Å². The highest BCUT2D eigenvalue weighted by atomic mass is 14.8. The van der Waals surface area contributed by atoms with Gasteiger partial charge < -0.3 is 0 Å². The Bertz CT molecular complexity index is 446. The van der Waals surface area contributed by atoms with Crippen molar-refractivity contribution in [3.63, 3.8) is 0 Å². The van der Waals surface area contributed by atoms with Gasteiger partial charge in [0.15, 0.2) is 0 Å². The molecule has 1 aromatic rings. The van der Waals surface area contributed by atoms with Crippen LogP contribution in [0.25, 0.3) is 0 Å². The van der Waals surface area contributed by atoms with E-state index in [2.05, 4.69) is 48.5 Å². The first kappa shape index (κ1) is 13.7. The Morgan fingerprint density at radius 1 is 1.05 bits per heavy atom. The lowest BCUT2D eigenvalue weighted by Gasteiger charge is -2.12. The van der Waals surface area contributed by atoms with Crippen LogP contribution in [-0.4, -0.2) is 11.2 Å². The lowest BCUT2D eigenvalue weighted by atomic mass is 10.0. The smallest absolute Gasteiger partial charge is 0.0794 e. The molecule has 1 aromatic heterocycles. The van der Waals surface area contributed by atoms with Crippen LogP contribution in [0.5, 0.6) is 0 Å². The van der Waals surface area contributed by atoms with Gasteiger partial charge in [-0.25, -0.2) is 0 Å². The first-order chi connectivity index (χ1) is 9.36. The van der Waals surface area contributed by atoms with Gasteiger partial charge >= 0.3 is 0 Å². The van der Waals surface area contributed by atoms with Gasteiger partial charge in [0, 0.05) is 18.6 Å². The molecule has 1 aliphatic heterocycles. The summed E-state index contributed by atoms with van der Waals surface area (Å²) in [5, 5.41) is 0. The highest BCUT2D eigenvalue weighted by Crippen LogP contribution is 2.21. The van der Waals surface area contributed by atoms with Gasteiger partial charge in [-0.1, -0.05) is 37.3 Å². The molecule has 0 aromatic carbocycles. The number of aliphatic imine (C=N–C) groups is 1. The highest BCUT2D eigenvalue weighted by molar-refractivity contribution is 5.61. The average Bonchev–Trinajstić information content (AvgIpc) is 2.44. The van der Waals surface area contributed by atoms with Gasteiger partial charge in [-0.2, -0.15) is 0 Å². The Hall–Kier alpha value is -1.70. The predicted molar refractivity (Wildman–Crippen MR) is 81.4 cm³/mol. The van der Waals surface area contributed by atoms with Gasteiger partial charge in [0.05, 0.1) is 6.04 Å². The van der Waals surface area contributed by atoms with Crippen LogP contribution in [0.4, 0.5) is 0 Å². The summed E-state index contributed by atoms with van der Waals surface area (Å²) in [7, 11) is 0. The van der Waals surface area contributed by atoms with E-state index in [0.29, 0.717) is 5.92 Å². The fourth-order valence-electron chi connectivity index (χ4n) is 2.13. The molecule has 2 nitrogen and oxygen atoms in total. The maximum absolute atomic E-state index is 4.76. The Balaban J connectivity index is 2.14. The topological polar surface area (TPSA) is 25.2 Å². The van der Waals surface area contributed by atoms with Gasteiger partial charge in [-0.15, -0.1) is 0 Å². The third kappa shape index (κ3) is 4.82. The van der Waals surface area contributed by atoms with Crippen molar-refractivity contribution in [2.75, 3.05) is 0 Å². The molecular formula is C17H22N2. The van der Waals surface area contributed by atoms with Crippen molar-refractivity contribution in [2.24, 2.45) is 10.9 Å². The number of pyridine rings is 1. The zero-order chi connectivity index (χ0) is 13.3. The van der Waals surface area contributed by atoms with Crippen molar-refractivity contribution >= 4 is 6.21 Å². The lowest BCUT2D eigenvalue weighted by Crippen LogP contribution is -2.00. The first-order valence-corrected chi connectivity index (χ1v) is 7.09. The molecule has 1 aliphatic rings. The van der Waals surface area contributed by atoms with E-state index in [9.17, 15) is 0 Å². The number of rotatable bonds is 1. The standard InChI is InChI=1S/C17H22N2/c1-15-9-6-4-2-3-5-7-11-17(19-13-15)16-10-8-12-18-14-16/h4-8,10,12-15,17H,2-3,9,11H2,1H3/b6-4+,7-5+,19-13+. The summed E-state index contributed by atoms with van der Waals surface area (Å²) < 4.78 is 0. The van der Waals surface area contributed by atoms with Gasteiger partial charge in [-0.05, 0) is 43.2 Å². The zero-order valence-electron chi connectivity index (χ0n) is 11.6. The minimum atomic E-state index is 0.204. The molecule has 0 spiro atoms. The third-order valence-corrected chi connectivity index (χ3v) is 3.29. The summed E-state index contributed by atoms with van der Waals surface area (Å²) >= 11 is 0. The Morgan fingerprint density at radius 3 is 2.58 bits per heavy atom. The summed E-state index contributed by atoms with van der Waals surface area (Å²) in [5.41, 5.74) is 1.20. The van der Waals surface area contributed by atoms with Crippen molar-refractivity contribution in [1.29, 1.82) is 0 Å². The molecule has 2 rings (SSSR count). The highest BCUT2D eigenvalue weighted by Gasteiger charge is 2.08. The van der Waals surface area contributed by atoms with E-state index in [1.165, 1.54) is 5.56 Å². The number of nitrogens with zero attached hydrogens (tertiary/aromatic N) is 2. The van der Waals surface area contributed by atoms with E-state index in [1.807, 2.05) is 18.5 Å². The molecule has 2 heterocycles. The lowest BCUT2D eigenvalue weighted by molar-refractivity contribution is 0.716. The van der Waals surface area contributed by atoms with E-state index in [4.69, 9.17) is 4.99 Å². The van der Waals surface area contributed by atoms with Crippen molar-refractivity contribution < 1.29 is 0 Å². The molecule has 2 atom stereocenters. The fraction of sp³-hybridized carbons (Fsp3) is 0.412. The van der Waals surface area contributed by atoms with Gasteiger partial charge in [0.1, 0.15) is 0 Å². The zero-order valence-corrected chi connectivity index (χ0v) is 11.6. The van der Waals surface area contributed by atoms with E-state index < -0.39 is 0 Å². The molecule has 19 heavy (non-hydrogen) atoms. The normalized spacial score (nSPS) is 29.7. The molecular weight excluding hydrogens is 232 g/mol. The van der Waals surface area contributed by atoms with Gasteiger partial charge in [-0.3, -0.25) is 9.98 Å². The Morgan fingerprint density at radius 2 is 1.84 bits per heavy atom. The largest absolute Gasteiger partial charge is 0.289 e. The van der Waals surface area contributed by atoms with Crippen LogP contribution in [0.15, 0.2) is 53.8 Å². The predicted octanol–water partition coefficient (Wildman–Crippen LogP) is 4.52. The second-order valence-corrected chi connectivity index (χ2v) is 5.07. The molecule has 0 saturated heterocycles. The van der Waals surface area contributed by atoms with E-state index in [-0.39, 0.29) is 6.04 Å². The van der Waals surface area contributed by atoms with E-state index >= 15 is 0 Å². The van der Waals surface area contributed by atoms with Crippen LogP contribution in [0.1, 0.15) is 44.2 Å². The number of aromatic nitrogens is 1. The minimum absolute atomic E-state index is 0.204. The summed E-state index contributed by atoms with van der Waals surface area (Å²) in [6, 6.07) is 4.30. The molecule has 0 fully saturated rings. The maximum atomic E-state index is 4.76. The quantitative estimate of drug-likeness (QED) is 0.677. The second kappa shape index (κ2) is 7.67. The summed E-state index contributed by atoms with van der Waals surface area (Å²) in [6.45, 7) is 2.22. The Labute approximate surface area is 116 Å². The van der Waals surface area contributed by atoms with Crippen molar-refractivity contribution in [2.45, 2.75) is 38.6 Å². The van der Waals surface area contributed by atoms with Crippen LogP contribution in [0, 0.1) is 5.92 Å². The summed E-state index contributed by atoms with van der Waals surface area (Å²) in [4.78, 5) is 8.96. The van der Waals surface area contributed by atoms with Crippen molar-refractivity contribution in [3.05, 3.63) is 54.4 Å². The number of hydrogen-bond donors (Lipinski definition) is 0. The monoisotopic (exact) mass is 254 g/mol. The minimum Gasteiger partial charge on any atom is -0.289 e. The van der Waals surface area contributed by atoms with Gasteiger partial charge in [0.25, 0.3) is 0 Å². The van der Waals surface area contributed by atoms with Crippen molar-refractivity contribution in [1.82, 2.24) is 4.98 Å². The SMILES string of the molecule is CC1/C=N/C(c2cccnc2)C/C=C/CC/C=C/C1. The van der Waals surface area contributed by atoms with E-state index in [0.717, 1.165) is 25.7 Å². The molecule has 100 valence electrons. The van der Waals surface area contributed by atoms with Crippen molar-refractivity contribution in [3.8, 4) is 0 Å². The molecule has 0 radical (unpaired) electrons. The molecule has 2 unspecified atom stereocenters. The second-order valence-electron chi connectivity index (χ2n) is 5.07. The fourth-order valence-corrected chi connectivity index (χ4v) is 2.13. The third-order valence-electron chi connectivity index (χ3n) is 3.29. The molecule has 0 N–H and O–H groups in total. The van der Waals surface area contributed by atoms with Crippen LogP contribution in [0.3, 0.4) is 0 Å². The summed E-state index contributed by atoms with van der Waals surface area (Å²) in [5.74, 6) is 0.499. The molecule has 0 bridgehead atoms. The number of allylic oxidation sites excluding steroid dienone is 3. The van der Waals surface area contributed by atoms with Crippen LogP contribution in [0.2, 0.25) is 0 Å².